The second-order valence-electron chi connectivity index (χ2n) is 2.99. The van der Waals surface area contributed by atoms with Crippen LogP contribution in [0.3, 0.4) is 0 Å². The Hall–Kier alpha value is -0.230. The molecule has 1 heteroatoms. The van der Waals surface area contributed by atoms with Crippen LogP contribution in [-0.2, 0) is 0 Å². The number of allylic oxidation sites excluding steroid dienone is 3. The first-order valence-electron chi connectivity index (χ1n) is 4.02. The maximum Gasteiger partial charge on any atom is 0.0258 e. The van der Waals surface area contributed by atoms with Gasteiger partial charge in [-0.3, -0.25) is 0 Å². The maximum absolute atomic E-state index is 5.55. The van der Waals surface area contributed by atoms with Crippen LogP contribution in [-0.4, -0.2) is 5.88 Å². The van der Waals surface area contributed by atoms with Crippen molar-refractivity contribution in [3.05, 3.63) is 23.8 Å². The highest BCUT2D eigenvalue weighted by molar-refractivity contribution is 6.17. The summed E-state index contributed by atoms with van der Waals surface area (Å²) in [6, 6.07) is 0. The largest absolute Gasteiger partial charge is 0.126 e. The molecular weight excluding hydrogens is 156 g/mol. The third-order valence-electron chi connectivity index (χ3n) is 1.55. The Morgan fingerprint density at radius 3 is 2.45 bits per heavy atom. The summed E-state index contributed by atoms with van der Waals surface area (Å²) in [5.74, 6) is 0.727. The van der Waals surface area contributed by atoms with Gasteiger partial charge < -0.3 is 0 Å². The Balaban J connectivity index is 3.50. The minimum absolute atomic E-state index is 0.727. The van der Waals surface area contributed by atoms with E-state index < -0.39 is 0 Å². The maximum atomic E-state index is 5.55. The molecule has 0 heterocycles. The van der Waals surface area contributed by atoms with Crippen molar-refractivity contribution in [3.63, 3.8) is 0 Å². The molecule has 0 aromatic heterocycles. The monoisotopic (exact) mass is 172 g/mol. The minimum Gasteiger partial charge on any atom is -0.126 e. The quantitative estimate of drug-likeness (QED) is 0.436. The van der Waals surface area contributed by atoms with Crippen molar-refractivity contribution in [2.75, 3.05) is 5.88 Å². The van der Waals surface area contributed by atoms with Gasteiger partial charge in [0.2, 0.25) is 0 Å². The molecule has 0 aliphatic carbocycles. The molecule has 0 aliphatic heterocycles. The van der Waals surface area contributed by atoms with Crippen LogP contribution in [0.4, 0.5) is 0 Å². The van der Waals surface area contributed by atoms with E-state index in [9.17, 15) is 0 Å². The third kappa shape index (κ3) is 7.67. The summed E-state index contributed by atoms with van der Waals surface area (Å²) in [5.41, 5.74) is 2.68. The van der Waals surface area contributed by atoms with Gasteiger partial charge in [-0.15, -0.1) is 18.2 Å². The van der Waals surface area contributed by atoms with Crippen molar-refractivity contribution in [2.24, 2.45) is 0 Å². The minimum atomic E-state index is 0.727. The smallest absolute Gasteiger partial charge is 0.0258 e. The van der Waals surface area contributed by atoms with Crippen LogP contribution in [0.15, 0.2) is 23.8 Å². The zero-order valence-electron chi connectivity index (χ0n) is 7.49. The van der Waals surface area contributed by atoms with Gasteiger partial charge in [0.25, 0.3) is 0 Å². The molecule has 0 aromatic carbocycles. The zero-order valence-corrected chi connectivity index (χ0v) is 8.25. The van der Waals surface area contributed by atoms with Crippen LogP contribution >= 0.6 is 11.6 Å². The normalized spacial score (nSPS) is 11.7. The molecule has 0 fully saturated rings. The lowest BCUT2D eigenvalue weighted by Crippen LogP contribution is -1.80. The van der Waals surface area contributed by atoms with Crippen LogP contribution in [0.25, 0.3) is 0 Å². The second kappa shape index (κ2) is 6.48. The first-order chi connectivity index (χ1) is 5.16. The van der Waals surface area contributed by atoms with E-state index in [2.05, 4.69) is 26.5 Å². The predicted molar refractivity (Wildman–Crippen MR) is 53.1 cm³/mol. The van der Waals surface area contributed by atoms with Crippen LogP contribution in [0.5, 0.6) is 0 Å². The molecule has 0 radical (unpaired) electrons. The van der Waals surface area contributed by atoms with Crippen molar-refractivity contribution in [3.8, 4) is 0 Å². The molecule has 0 rings (SSSR count). The van der Waals surface area contributed by atoms with Crippen LogP contribution < -0.4 is 0 Å². The lowest BCUT2D eigenvalue weighted by atomic mass is 10.1. The molecule has 0 bridgehead atoms. The summed E-state index contributed by atoms with van der Waals surface area (Å²) in [6.45, 7) is 8.07. The molecule has 0 aromatic rings. The molecule has 64 valence electrons. The zero-order chi connectivity index (χ0) is 8.69. The lowest BCUT2D eigenvalue weighted by molar-refractivity contribution is 0.918. The van der Waals surface area contributed by atoms with E-state index in [1.165, 1.54) is 11.1 Å². The van der Waals surface area contributed by atoms with Crippen LogP contribution in [0.2, 0.25) is 0 Å². The standard InChI is InChI=1S/C10H17Cl/c1-9(2)6-7-10(3)5-4-8-11/h5H,1,4,6-8H2,2-3H3. The summed E-state index contributed by atoms with van der Waals surface area (Å²) in [5, 5.41) is 0. The fourth-order valence-corrected chi connectivity index (χ4v) is 0.923. The highest BCUT2D eigenvalue weighted by atomic mass is 35.5. The van der Waals surface area contributed by atoms with Crippen molar-refractivity contribution in [1.29, 1.82) is 0 Å². The summed E-state index contributed by atoms with van der Waals surface area (Å²) in [7, 11) is 0. The lowest BCUT2D eigenvalue weighted by Gasteiger charge is -1.99. The van der Waals surface area contributed by atoms with Crippen LogP contribution in [0.1, 0.15) is 33.1 Å². The van der Waals surface area contributed by atoms with Crippen molar-refractivity contribution in [1.82, 2.24) is 0 Å². The third-order valence-corrected chi connectivity index (χ3v) is 1.77. The van der Waals surface area contributed by atoms with Crippen molar-refractivity contribution >= 4 is 11.6 Å². The van der Waals surface area contributed by atoms with Gasteiger partial charge in [-0.2, -0.15) is 0 Å². The SMILES string of the molecule is C=C(C)CCC(C)=CCCCl. The average molecular weight is 173 g/mol. The molecule has 0 atom stereocenters. The van der Waals surface area contributed by atoms with Gasteiger partial charge in [0.1, 0.15) is 0 Å². The molecule has 0 aliphatic rings. The number of hydrogen-bond donors (Lipinski definition) is 0. The first kappa shape index (κ1) is 10.8. The fourth-order valence-electron chi connectivity index (χ4n) is 0.814. The molecule has 0 nitrogen and oxygen atoms in total. The number of rotatable bonds is 5. The Kier molecular flexibility index (Phi) is 6.34. The van der Waals surface area contributed by atoms with E-state index in [-0.39, 0.29) is 0 Å². The highest BCUT2D eigenvalue weighted by Crippen LogP contribution is 2.09. The second-order valence-corrected chi connectivity index (χ2v) is 3.36. The Labute approximate surface area is 74.9 Å². The van der Waals surface area contributed by atoms with E-state index in [0.717, 1.165) is 25.1 Å². The molecule has 11 heavy (non-hydrogen) atoms. The molecule has 0 amide bonds. The summed E-state index contributed by atoms with van der Waals surface area (Å²) in [4.78, 5) is 0. The average Bonchev–Trinajstić information content (AvgIpc) is 1.97. The highest BCUT2D eigenvalue weighted by Gasteiger charge is 1.90. The molecule has 0 spiro atoms. The summed E-state index contributed by atoms with van der Waals surface area (Å²) >= 11 is 5.55. The van der Waals surface area contributed by atoms with Gasteiger partial charge in [0, 0.05) is 5.88 Å². The Bertz CT molecular complexity index is 145. The van der Waals surface area contributed by atoms with Gasteiger partial charge in [0.15, 0.2) is 0 Å². The Morgan fingerprint density at radius 2 is 2.00 bits per heavy atom. The van der Waals surface area contributed by atoms with E-state index >= 15 is 0 Å². The van der Waals surface area contributed by atoms with Crippen LogP contribution in [0, 0.1) is 0 Å². The molecule has 0 saturated heterocycles. The van der Waals surface area contributed by atoms with Gasteiger partial charge >= 0.3 is 0 Å². The molecule has 0 N–H and O–H groups in total. The summed E-state index contributed by atoms with van der Waals surface area (Å²) in [6.07, 6.45) is 5.43. The number of alkyl halides is 1. The van der Waals surface area contributed by atoms with Gasteiger partial charge in [-0.25, -0.2) is 0 Å². The van der Waals surface area contributed by atoms with E-state index in [4.69, 9.17) is 11.6 Å². The van der Waals surface area contributed by atoms with E-state index in [1.54, 1.807) is 0 Å². The molecular formula is C10H17Cl. The fraction of sp³-hybridized carbons (Fsp3) is 0.600. The van der Waals surface area contributed by atoms with E-state index in [0.29, 0.717) is 0 Å². The predicted octanol–water partition coefficient (Wildman–Crippen LogP) is 3.92. The topological polar surface area (TPSA) is 0 Å². The van der Waals surface area contributed by atoms with E-state index in [1.807, 2.05) is 0 Å². The van der Waals surface area contributed by atoms with Gasteiger partial charge in [-0.1, -0.05) is 17.2 Å². The van der Waals surface area contributed by atoms with Crippen molar-refractivity contribution in [2.45, 2.75) is 33.1 Å². The first-order valence-corrected chi connectivity index (χ1v) is 4.56. The molecule has 0 saturated carbocycles. The van der Waals surface area contributed by atoms with Gasteiger partial charge in [0.05, 0.1) is 0 Å². The number of hydrogen-bond acceptors (Lipinski definition) is 0. The molecule has 0 unspecified atom stereocenters. The number of halogens is 1. The Morgan fingerprint density at radius 1 is 1.36 bits per heavy atom. The van der Waals surface area contributed by atoms with Gasteiger partial charge in [-0.05, 0) is 33.1 Å². The van der Waals surface area contributed by atoms with Crippen molar-refractivity contribution < 1.29 is 0 Å². The summed E-state index contributed by atoms with van der Waals surface area (Å²) < 4.78 is 0.